The quantitative estimate of drug-likeness (QED) is 0.718. The van der Waals surface area contributed by atoms with Gasteiger partial charge in [-0.05, 0) is 12.5 Å². The van der Waals surface area contributed by atoms with E-state index in [0.29, 0.717) is 11.3 Å². The first-order chi connectivity index (χ1) is 8.19. The van der Waals surface area contributed by atoms with Crippen molar-refractivity contribution < 1.29 is 27.9 Å². The van der Waals surface area contributed by atoms with Crippen molar-refractivity contribution in [3.63, 3.8) is 0 Å². The number of nitrogens with two attached hydrogens (primary N) is 1. The lowest BCUT2D eigenvalue weighted by Gasteiger charge is -2.24. The van der Waals surface area contributed by atoms with Gasteiger partial charge < -0.3 is 15.7 Å². The number of alkyl halides is 3. The monoisotopic (exact) mass is 270 g/mol. The molecule has 18 heavy (non-hydrogen) atoms. The fourth-order valence-corrected chi connectivity index (χ4v) is 1.38. The van der Waals surface area contributed by atoms with Crippen LogP contribution in [0.3, 0.4) is 0 Å². The van der Waals surface area contributed by atoms with E-state index in [1.54, 1.807) is 6.92 Å². The standard InChI is InChI=1S/C10H17F3N2O3/c1-2-7(4-14)3-8(16)15(5-9(17)18)6-10(11,12)13/h7H,2-6,14H2,1H3,(H,17,18). The smallest absolute Gasteiger partial charge is 0.406 e. The Morgan fingerprint density at radius 3 is 2.28 bits per heavy atom. The molecule has 1 atom stereocenters. The highest BCUT2D eigenvalue weighted by Gasteiger charge is 2.34. The average Bonchev–Trinajstić information content (AvgIpc) is 2.22. The Bertz CT molecular complexity index is 291. The first-order valence-electron chi connectivity index (χ1n) is 5.46. The van der Waals surface area contributed by atoms with Crippen LogP contribution in [0.15, 0.2) is 0 Å². The Morgan fingerprint density at radius 1 is 1.39 bits per heavy atom. The Balaban J connectivity index is 4.63. The summed E-state index contributed by atoms with van der Waals surface area (Å²) in [6.07, 6.45) is -4.24. The van der Waals surface area contributed by atoms with Gasteiger partial charge in [0.05, 0.1) is 0 Å². The number of carbonyl (C=O) groups is 2. The van der Waals surface area contributed by atoms with E-state index in [1.165, 1.54) is 0 Å². The average molecular weight is 270 g/mol. The second-order valence-corrected chi connectivity index (χ2v) is 3.97. The van der Waals surface area contributed by atoms with Gasteiger partial charge in [0.2, 0.25) is 5.91 Å². The second-order valence-electron chi connectivity index (χ2n) is 3.97. The molecule has 8 heteroatoms. The van der Waals surface area contributed by atoms with Gasteiger partial charge in [0.25, 0.3) is 0 Å². The lowest BCUT2D eigenvalue weighted by molar-refractivity contribution is -0.166. The third-order valence-electron chi connectivity index (χ3n) is 2.42. The molecule has 0 aliphatic carbocycles. The van der Waals surface area contributed by atoms with E-state index in [0.717, 1.165) is 0 Å². The minimum Gasteiger partial charge on any atom is -0.480 e. The first-order valence-corrected chi connectivity index (χ1v) is 5.46. The molecule has 1 amide bonds. The molecule has 0 spiro atoms. The van der Waals surface area contributed by atoms with Crippen molar-refractivity contribution in [3.8, 4) is 0 Å². The van der Waals surface area contributed by atoms with Gasteiger partial charge in [-0.25, -0.2) is 0 Å². The number of carboxylic acid groups (broad SMARTS) is 1. The van der Waals surface area contributed by atoms with Crippen LogP contribution >= 0.6 is 0 Å². The number of halogens is 3. The van der Waals surface area contributed by atoms with Gasteiger partial charge >= 0.3 is 12.1 Å². The summed E-state index contributed by atoms with van der Waals surface area (Å²) in [5.41, 5.74) is 5.35. The van der Waals surface area contributed by atoms with E-state index in [4.69, 9.17) is 10.8 Å². The predicted octanol–water partition coefficient (Wildman–Crippen LogP) is 0.837. The number of carbonyl (C=O) groups excluding carboxylic acids is 1. The van der Waals surface area contributed by atoms with Crippen LogP contribution in [0.25, 0.3) is 0 Å². The molecule has 0 saturated carbocycles. The molecule has 0 bridgehead atoms. The summed E-state index contributed by atoms with van der Waals surface area (Å²) < 4.78 is 36.6. The van der Waals surface area contributed by atoms with Gasteiger partial charge in [-0.3, -0.25) is 9.59 Å². The Morgan fingerprint density at radius 2 is 1.94 bits per heavy atom. The summed E-state index contributed by atoms with van der Waals surface area (Å²) in [4.78, 5) is 22.3. The molecular formula is C10H17F3N2O3. The largest absolute Gasteiger partial charge is 0.480 e. The summed E-state index contributed by atoms with van der Waals surface area (Å²) in [6.45, 7) is -0.580. The van der Waals surface area contributed by atoms with Crippen molar-refractivity contribution in [3.05, 3.63) is 0 Å². The number of rotatable bonds is 7. The summed E-state index contributed by atoms with van der Waals surface area (Å²) in [7, 11) is 0. The van der Waals surface area contributed by atoms with Gasteiger partial charge in [-0.15, -0.1) is 0 Å². The molecule has 0 aliphatic rings. The fraction of sp³-hybridized carbons (Fsp3) is 0.800. The highest BCUT2D eigenvalue weighted by atomic mass is 19.4. The zero-order chi connectivity index (χ0) is 14.3. The number of carboxylic acids is 1. The molecule has 1 unspecified atom stereocenters. The van der Waals surface area contributed by atoms with Crippen molar-refractivity contribution in [2.45, 2.75) is 25.9 Å². The molecule has 0 aromatic rings. The molecule has 0 fully saturated rings. The molecule has 3 N–H and O–H groups in total. The molecule has 0 aliphatic heterocycles. The molecule has 0 heterocycles. The van der Waals surface area contributed by atoms with Gasteiger partial charge in [-0.2, -0.15) is 13.2 Å². The number of aliphatic carboxylic acids is 1. The van der Waals surface area contributed by atoms with Crippen LogP contribution in [0.2, 0.25) is 0 Å². The van der Waals surface area contributed by atoms with Gasteiger partial charge in [0, 0.05) is 6.42 Å². The van der Waals surface area contributed by atoms with Gasteiger partial charge in [0.15, 0.2) is 0 Å². The lowest BCUT2D eigenvalue weighted by Crippen LogP contribution is -2.43. The van der Waals surface area contributed by atoms with E-state index in [1.807, 2.05) is 0 Å². The molecule has 5 nitrogen and oxygen atoms in total. The Labute approximate surface area is 103 Å². The van der Waals surface area contributed by atoms with Crippen LogP contribution in [0.5, 0.6) is 0 Å². The molecular weight excluding hydrogens is 253 g/mol. The van der Waals surface area contributed by atoms with Crippen molar-refractivity contribution in [1.29, 1.82) is 0 Å². The van der Waals surface area contributed by atoms with E-state index < -0.39 is 31.1 Å². The second kappa shape index (κ2) is 7.20. The van der Waals surface area contributed by atoms with Crippen molar-refractivity contribution in [2.75, 3.05) is 19.6 Å². The molecule has 0 saturated heterocycles. The molecule has 106 valence electrons. The predicted molar refractivity (Wildman–Crippen MR) is 57.7 cm³/mol. The number of hydrogen-bond donors (Lipinski definition) is 2. The zero-order valence-electron chi connectivity index (χ0n) is 10.0. The maximum Gasteiger partial charge on any atom is 0.406 e. The van der Waals surface area contributed by atoms with Gasteiger partial charge in [-0.1, -0.05) is 13.3 Å². The Hall–Kier alpha value is -1.31. The van der Waals surface area contributed by atoms with Crippen LogP contribution in [0.4, 0.5) is 13.2 Å². The van der Waals surface area contributed by atoms with Crippen LogP contribution < -0.4 is 5.73 Å². The zero-order valence-corrected chi connectivity index (χ0v) is 10.0. The minimum atomic E-state index is -4.62. The Kier molecular flexibility index (Phi) is 6.67. The summed E-state index contributed by atoms with van der Waals surface area (Å²) in [6, 6.07) is 0. The highest BCUT2D eigenvalue weighted by molar-refractivity contribution is 5.81. The van der Waals surface area contributed by atoms with E-state index in [-0.39, 0.29) is 18.9 Å². The minimum absolute atomic E-state index is 0.170. The summed E-state index contributed by atoms with van der Waals surface area (Å²) >= 11 is 0. The maximum atomic E-state index is 12.2. The van der Waals surface area contributed by atoms with Crippen molar-refractivity contribution in [2.24, 2.45) is 11.7 Å². The van der Waals surface area contributed by atoms with Crippen LogP contribution in [-0.4, -0.2) is 47.7 Å². The SMILES string of the molecule is CCC(CN)CC(=O)N(CC(=O)O)CC(F)(F)F. The van der Waals surface area contributed by atoms with E-state index in [9.17, 15) is 22.8 Å². The fourth-order valence-electron chi connectivity index (χ4n) is 1.38. The van der Waals surface area contributed by atoms with Crippen LogP contribution in [-0.2, 0) is 9.59 Å². The normalized spacial score (nSPS) is 13.2. The molecule has 0 aromatic heterocycles. The van der Waals surface area contributed by atoms with Crippen LogP contribution in [0, 0.1) is 5.92 Å². The molecule has 0 aromatic carbocycles. The van der Waals surface area contributed by atoms with Crippen LogP contribution in [0.1, 0.15) is 19.8 Å². The topological polar surface area (TPSA) is 83.6 Å². The first kappa shape index (κ1) is 16.7. The highest BCUT2D eigenvalue weighted by Crippen LogP contribution is 2.18. The summed E-state index contributed by atoms with van der Waals surface area (Å²) in [5, 5.41) is 8.49. The molecule has 0 rings (SSSR count). The third-order valence-corrected chi connectivity index (χ3v) is 2.42. The van der Waals surface area contributed by atoms with Gasteiger partial charge in [0.1, 0.15) is 13.1 Å². The summed E-state index contributed by atoms with van der Waals surface area (Å²) in [5.74, 6) is -2.55. The van der Waals surface area contributed by atoms with Crippen molar-refractivity contribution >= 4 is 11.9 Å². The number of hydrogen-bond acceptors (Lipinski definition) is 3. The third kappa shape index (κ3) is 7.10. The number of amides is 1. The van der Waals surface area contributed by atoms with Crippen molar-refractivity contribution in [1.82, 2.24) is 4.90 Å². The molecule has 0 radical (unpaired) electrons. The van der Waals surface area contributed by atoms with E-state index in [2.05, 4.69) is 0 Å². The maximum absolute atomic E-state index is 12.2. The van der Waals surface area contributed by atoms with E-state index >= 15 is 0 Å². The number of nitrogens with zero attached hydrogens (tertiary/aromatic N) is 1. The lowest BCUT2D eigenvalue weighted by atomic mass is 10.0.